The van der Waals surface area contributed by atoms with Gasteiger partial charge in [-0.05, 0) is 55.8 Å². The first-order valence-electron chi connectivity index (χ1n) is 10.8. The number of imidazole rings is 1. The van der Waals surface area contributed by atoms with E-state index in [1.54, 1.807) is 41.5 Å². The van der Waals surface area contributed by atoms with Crippen LogP contribution < -0.4 is 11.0 Å². The number of nitrogens with zero attached hydrogens (tertiary/aromatic N) is 4. The van der Waals surface area contributed by atoms with Gasteiger partial charge in [-0.2, -0.15) is 0 Å². The fourth-order valence-corrected chi connectivity index (χ4v) is 3.86. The van der Waals surface area contributed by atoms with Gasteiger partial charge in [0, 0.05) is 29.7 Å². The van der Waals surface area contributed by atoms with Crippen LogP contribution in [-0.2, 0) is 0 Å². The molecule has 0 bridgehead atoms. The summed E-state index contributed by atoms with van der Waals surface area (Å²) >= 11 is 0. The summed E-state index contributed by atoms with van der Waals surface area (Å²) in [5.41, 5.74) is 5.25. The molecule has 2 aromatic carbocycles. The number of hydrogen-bond acceptors (Lipinski definition) is 5. The Kier molecular flexibility index (Phi) is 5.47. The Labute approximate surface area is 195 Å². The number of aromatic nitrogens is 5. The Morgan fingerprint density at radius 2 is 1.88 bits per heavy atom. The number of hydrogen-bond donors (Lipinski definition) is 2. The summed E-state index contributed by atoms with van der Waals surface area (Å²) in [5, 5.41) is 2.97. The molecule has 0 saturated carbocycles. The van der Waals surface area contributed by atoms with E-state index >= 15 is 0 Å². The maximum atomic E-state index is 13.3. The van der Waals surface area contributed by atoms with Gasteiger partial charge in [0.25, 0.3) is 5.91 Å². The van der Waals surface area contributed by atoms with Gasteiger partial charge in [0.15, 0.2) is 0 Å². The zero-order valence-corrected chi connectivity index (χ0v) is 18.7. The number of carbonyl (C=O) groups is 1. The molecular formula is C26H22N6O2. The Balaban J connectivity index is 1.62. The van der Waals surface area contributed by atoms with Crippen molar-refractivity contribution < 1.29 is 4.79 Å². The maximum Gasteiger partial charge on any atom is 0.331 e. The van der Waals surface area contributed by atoms with Gasteiger partial charge < -0.3 is 10.3 Å². The Hall–Kier alpha value is -4.59. The molecule has 0 aliphatic carbocycles. The van der Waals surface area contributed by atoms with Crippen LogP contribution in [0.2, 0.25) is 0 Å². The fourth-order valence-electron chi connectivity index (χ4n) is 3.86. The molecule has 1 unspecified atom stereocenters. The lowest BCUT2D eigenvalue weighted by molar-refractivity contribution is 0.0939. The topological polar surface area (TPSA) is 106 Å². The van der Waals surface area contributed by atoms with Crippen molar-refractivity contribution in [2.45, 2.75) is 19.9 Å². The summed E-state index contributed by atoms with van der Waals surface area (Å²) < 4.78 is 1.57. The Bertz CT molecular complexity index is 1540. The van der Waals surface area contributed by atoms with Gasteiger partial charge in [-0.15, -0.1) is 0 Å². The van der Waals surface area contributed by atoms with Crippen LogP contribution in [0.15, 0.2) is 84.2 Å². The molecule has 0 aliphatic rings. The molecule has 0 saturated heterocycles. The van der Waals surface area contributed by atoms with E-state index < -0.39 is 0 Å². The third-order valence-electron chi connectivity index (χ3n) is 5.61. The molecule has 34 heavy (non-hydrogen) atoms. The van der Waals surface area contributed by atoms with E-state index in [2.05, 4.69) is 25.3 Å². The smallest absolute Gasteiger partial charge is 0.331 e. The number of aromatic amines is 1. The van der Waals surface area contributed by atoms with Crippen molar-refractivity contribution in [1.29, 1.82) is 0 Å². The Morgan fingerprint density at radius 1 is 1.03 bits per heavy atom. The van der Waals surface area contributed by atoms with Crippen LogP contribution in [0.1, 0.15) is 34.6 Å². The van der Waals surface area contributed by atoms with Gasteiger partial charge in [0.2, 0.25) is 0 Å². The van der Waals surface area contributed by atoms with Crippen LogP contribution in [-0.4, -0.2) is 30.4 Å². The number of para-hydroxylation sites is 2. The first-order valence-corrected chi connectivity index (χ1v) is 10.8. The highest BCUT2D eigenvalue weighted by Crippen LogP contribution is 2.25. The summed E-state index contributed by atoms with van der Waals surface area (Å²) in [4.78, 5) is 41.8. The van der Waals surface area contributed by atoms with Crippen molar-refractivity contribution in [2.75, 3.05) is 0 Å². The number of fused-ring (bicyclic) bond motifs is 1. The van der Waals surface area contributed by atoms with E-state index in [1.807, 2.05) is 56.3 Å². The minimum atomic E-state index is -0.346. The van der Waals surface area contributed by atoms with E-state index in [9.17, 15) is 9.59 Å². The molecule has 0 aliphatic heterocycles. The van der Waals surface area contributed by atoms with Gasteiger partial charge in [0.1, 0.15) is 0 Å². The number of nitrogens with one attached hydrogen (secondary N) is 2. The molecule has 5 rings (SSSR count). The number of H-pyrrole nitrogens is 1. The van der Waals surface area contributed by atoms with Gasteiger partial charge in [-0.1, -0.05) is 18.2 Å². The standard InChI is InChI=1S/C26H22N6O2/c1-16-7-8-21(29-14-16)18-11-19(25(33)30-17(2)23-15-27-9-10-28-23)13-20(12-18)32-24-6-4-3-5-22(24)31-26(32)34/h3-15,17H,1-2H3,(H,30,33)(H,31,34). The summed E-state index contributed by atoms with van der Waals surface area (Å²) in [6, 6.07) is 16.3. The molecule has 2 N–H and O–H groups in total. The lowest BCUT2D eigenvalue weighted by Gasteiger charge is -2.15. The summed E-state index contributed by atoms with van der Waals surface area (Å²) in [6.07, 6.45) is 6.56. The van der Waals surface area contributed by atoms with Crippen LogP contribution in [0.4, 0.5) is 0 Å². The van der Waals surface area contributed by atoms with Gasteiger partial charge in [0.05, 0.1) is 40.3 Å². The quantitative estimate of drug-likeness (QED) is 0.422. The van der Waals surface area contributed by atoms with E-state index in [0.717, 1.165) is 16.6 Å². The summed E-state index contributed by atoms with van der Waals surface area (Å²) in [5.74, 6) is -0.291. The highest BCUT2D eigenvalue weighted by atomic mass is 16.2. The molecule has 8 heteroatoms. The Morgan fingerprint density at radius 3 is 2.65 bits per heavy atom. The second-order valence-corrected chi connectivity index (χ2v) is 8.10. The van der Waals surface area contributed by atoms with E-state index in [-0.39, 0.29) is 17.6 Å². The van der Waals surface area contributed by atoms with Gasteiger partial charge >= 0.3 is 5.69 Å². The minimum Gasteiger partial charge on any atom is -0.344 e. The number of rotatable bonds is 5. The lowest BCUT2D eigenvalue weighted by Crippen LogP contribution is -2.27. The zero-order valence-electron chi connectivity index (χ0n) is 18.7. The molecule has 0 spiro atoms. The van der Waals surface area contributed by atoms with Crippen molar-refractivity contribution in [3.8, 4) is 16.9 Å². The molecule has 8 nitrogen and oxygen atoms in total. The van der Waals surface area contributed by atoms with Crippen molar-refractivity contribution in [2.24, 2.45) is 0 Å². The average Bonchev–Trinajstić information content (AvgIpc) is 3.20. The number of benzene rings is 2. The van der Waals surface area contributed by atoms with Crippen molar-refractivity contribution >= 4 is 16.9 Å². The summed E-state index contributed by atoms with van der Waals surface area (Å²) in [6.45, 7) is 3.81. The number of carbonyl (C=O) groups excluding carboxylic acids is 1. The number of aryl methyl sites for hydroxylation is 1. The molecule has 0 radical (unpaired) electrons. The average molecular weight is 451 g/mol. The summed E-state index contributed by atoms with van der Waals surface area (Å²) in [7, 11) is 0. The fraction of sp³-hybridized carbons (Fsp3) is 0.115. The molecule has 168 valence electrons. The lowest BCUT2D eigenvalue weighted by atomic mass is 10.0. The van der Waals surface area contributed by atoms with Crippen molar-refractivity contribution in [1.82, 2.24) is 29.8 Å². The van der Waals surface area contributed by atoms with Crippen LogP contribution in [0.5, 0.6) is 0 Å². The van der Waals surface area contributed by atoms with Crippen LogP contribution in [0, 0.1) is 6.92 Å². The van der Waals surface area contributed by atoms with Crippen molar-refractivity contribution in [3.63, 3.8) is 0 Å². The maximum absolute atomic E-state index is 13.3. The van der Waals surface area contributed by atoms with Crippen LogP contribution in [0.25, 0.3) is 28.0 Å². The minimum absolute atomic E-state index is 0.283. The van der Waals surface area contributed by atoms with E-state index in [0.29, 0.717) is 28.2 Å². The first-order chi connectivity index (χ1) is 16.5. The second kappa shape index (κ2) is 8.74. The zero-order chi connectivity index (χ0) is 23.7. The van der Waals surface area contributed by atoms with Crippen LogP contribution >= 0.6 is 0 Å². The van der Waals surface area contributed by atoms with Gasteiger partial charge in [-0.3, -0.25) is 24.3 Å². The molecular weight excluding hydrogens is 428 g/mol. The van der Waals surface area contributed by atoms with E-state index in [1.165, 1.54) is 0 Å². The third kappa shape index (κ3) is 4.09. The molecule has 0 fully saturated rings. The van der Waals surface area contributed by atoms with Gasteiger partial charge in [-0.25, -0.2) is 4.79 Å². The third-order valence-corrected chi connectivity index (χ3v) is 5.61. The molecule has 1 amide bonds. The SMILES string of the molecule is Cc1ccc(-c2cc(C(=O)NC(C)c3cnccn3)cc(-n3c(=O)[nH]c4ccccc43)c2)nc1. The first kappa shape index (κ1) is 21.3. The second-order valence-electron chi connectivity index (χ2n) is 8.10. The van der Waals surface area contributed by atoms with Crippen LogP contribution in [0.3, 0.4) is 0 Å². The van der Waals surface area contributed by atoms with Crippen molar-refractivity contribution in [3.05, 3.63) is 107 Å². The van der Waals surface area contributed by atoms with E-state index in [4.69, 9.17) is 0 Å². The predicted molar refractivity (Wildman–Crippen MR) is 130 cm³/mol. The monoisotopic (exact) mass is 450 g/mol. The molecule has 3 heterocycles. The molecule has 1 atom stereocenters. The number of amides is 1. The predicted octanol–water partition coefficient (Wildman–Crippen LogP) is 3.97. The highest BCUT2D eigenvalue weighted by Gasteiger charge is 2.17. The highest BCUT2D eigenvalue weighted by molar-refractivity contribution is 5.96. The molecule has 3 aromatic heterocycles. The molecule has 5 aromatic rings. The number of pyridine rings is 1. The normalized spacial score (nSPS) is 11.9. The largest absolute Gasteiger partial charge is 0.344 e.